The molecule has 0 fully saturated rings. The van der Waals surface area contributed by atoms with Gasteiger partial charge in [-0.2, -0.15) is 0 Å². The lowest BCUT2D eigenvalue weighted by Crippen LogP contribution is -2.42. The van der Waals surface area contributed by atoms with E-state index in [9.17, 15) is 4.79 Å². The van der Waals surface area contributed by atoms with E-state index in [0.29, 0.717) is 13.2 Å². The van der Waals surface area contributed by atoms with Gasteiger partial charge in [-0.05, 0) is 31.5 Å². The monoisotopic (exact) mass is 342 g/mol. The number of hydrogen-bond donors (Lipinski definition) is 2. The van der Waals surface area contributed by atoms with Crippen LogP contribution in [0.1, 0.15) is 19.4 Å². The van der Waals surface area contributed by atoms with E-state index < -0.39 is 5.41 Å². The molecule has 5 heteroatoms. The number of hydrogen-bond acceptors (Lipinski definition) is 3. The maximum atomic E-state index is 12.3. The Hall–Kier alpha value is -0.910. The minimum Gasteiger partial charge on any atom is -0.383 e. The Morgan fingerprint density at radius 3 is 2.45 bits per heavy atom. The number of benzene rings is 1. The topological polar surface area (TPSA) is 50.4 Å². The van der Waals surface area contributed by atoms with E-state index in [-0.39, 0.29) is 5.91 Å². The first-order valence-corrected chi connectivity index (χ1v) is 7.52. The van der Waals surface area contributed by atoms with Crippen LogP contribution in [0, 0.1) is 0 Å². The van der Waals surface area contributed by atoms with Gasteiger partial charge in [-0.15, -0.1) is 0 Å². The number of rotatable bonds is 8. The van der Waals surface area contributed by atoms with Gasteiger partial charge in [0.25, 0.3) is 0 Å². The average molecular weight is 343 g/mol. The largest absolute Gasteiger partial charge is 0.383 e. The Morgan fingerprint density at radius 2 is 1.85 bits per heavy atom. The number of halogens is 1. The normalized spacial score (nSPS) is 11.4. The van der Waals surface area contributed by atoms with Crippen molar-refractivity contribution in [2.75, 3.05) is 33.4 Å². The maximum Gasteiger partial charge on any atom is 0.230 e. The van der Waals surface area contributed by atoms with Gasteiger partial charge in [-0.3, -0.25) is 4.79 Å². The van der Waals surface area contributed by atoms with Crippen LogP contribution >= 0.6 is 15.9 Å². The van der Waals surface area contributed by atoms with Crippen molar-refractivity contribution in [1.29, 1.82) is 0 Å². The van der Waals surface area contributed by atoms with E-state index >= 15 is 0 Å². The van der Waals surface area contributed by atoms with Crippen LogP contribution in [-0.4, -0.2) is 39.3 Å². The van der Waals surface area contributed by atoms with Crippen LogP contribution < -0.4 is 10.6 Å². The quantitative estimate of drug-likeness (QED) is 0.711. The van der Waals surface area contributed by atoms with Crippen LogP contribution in [0.4, 0.5) is 0 Å². The summed E-state index contributed by atoms with van der Waals surface area (Å²) in [5.41, 5.74) is 0.471. The number of carbonyl (C=O) groups excluding carboxylic acids is 1. The Balaban J connectivity index is 2.43. The van der Waals surface area contributed by atoms with Gasteiger partial charge >= 0.3 is 0 Å². The van der Waals surface area contributed by atoms with E-state index in [1.807, 2.05) is 38.1 Å². The van der Waals surface area contributed by atoms with E-state index in [2.05, 4.69) is 26.6 Å². The zero-order chi connectivity index (χ0) is 15.0. The van der Waals surface area contributed by atoms with Crippen LogP contribution in [0.15, 0.2) is 28.7 Å². The molecule has 1 aromatic rings. The number of methoxy groups -OCH3 is 1. The molecule has 0 radical (unpaired) electrons. The molecule has 0 spiro atoms. The van der Waals surface area contributed by atoms with E-state index in [1.165, 1.54) is 0 Å². The molecule has 2 N–H and O–H groups in total. The third-order valence-electron chi connectivity index (χ3n) is 3.20. The van der Waals surface area contributed by atoms with Gasteiger partial charge in [-0.1, -0.05) is 28.1 Å². The molecule has 0 unspecified atom stereocenters. The zero-order valence-corrected chi connectivity index (χ0v) is 13.9. The molecule has 0 aliphatic carbocycles. The zero-order valence-electron chi connectivity index (χ0n) is 12.3. The molecule has 0 bridgehead atoms. The molecule has 112 valence electrons. The fraction of sp³-hybridized carbons (Fsp3) is 0.533. The summed E-state index contributed by atoms with van der Waals surface area (Å²) in [5.74, 6) is 0.0355. The molecule has 0 aliphatic heterocycles. The summed E-state index contributed by atoms with van der Waals surface area (Å²) in [6.07, 6.45) is 0. The standard InChI is InChI=1S/C15H23BrN2O2/c1-15(2,12-4-6-13(16)7-5-12)14(19)18-9-8-17-10-11-20-3/h4-7,17H,8-11H2,1-3H3,(H,18,19). The highest BCUT2D eigenvalue weighted by Gasteiger charge is 2.29. The highest BCUT2D eigenvalue weighted by Crippen LogP contribution is 2.24. The molecular weight excluding hydrogens is 320 g/mol. The molecule has 4 nitrogen and oxygen atoms in total. The molecule has 0 heterocycles. The summed E-state index contributed by atoms with van der Waals surface area (Å²) in [6, 6.07) is 7.86. The second-order valence-corrected chi connectivity index (χ2v) is 6.05. The Morgan fingerprint density at radius 1 is 1.20 bits per heavy atom. The van der Waals surface area contributed by atoms with Crippen LogP contribution in [0.5, 0.6) is 0 Å². The average Bonchev–Trinajstić information content (AvgIpc) is 2.43. The Bertz CT molecular complexity index is 418. The molecular formula is C15H23BrN2O2. The summed E-state index contributed by atoms with van der Waals surface area (Å²) in [5, 5.41) is 6.15. The second kappa shape index (κ2) is 8.39. The van der Waals surface area contributed by atoms with Gasteiger partial charge in [0, 0.05) is 31.2 Å². The second-order valence-electron chi connectivity index (χ2n) is 5.13. The van der Waals surface area contributed by atoms with Crippen molar-refractivity contribution in [3.05, 3.63) is 34.3 Å². The van der Waals surface area contributed by atoms with Crippen molar-refractivity contribution in [2.45, 2.75) is 19.3 Å². The smallest absolute Gasteiger partial charge is 0.230 e. The third kappa shape index (κ3) is 5.23. The van der Waals surface area contributed by atoms with Crippen molar-refractivity contribution < 1.29 is 9.53 Å². The van der Waals surface area contributed by atoms with Crippen molar-refractivity contribution in [3.63, 3.8) is 0 Å². The minimum absolute atomic E-state index is 0.0355. The molecule has 20 heavy (non-hydrogen) atoms. The summed E-state index contributed by atoms with van der Waals surface area (Å²) in [4.78, 5) is 12.3. The van der Waals surface area contributed by atoms with E-state index in [1.54, 1.807) is 7.11 Å². The lowest BCUT2D eigenvalue weighted by atomic mass is 9.84. The Kier molecular flexibility index (Phi) is 7.19. The first-order chi connectivity index (χ1) is 9.48. The molecule has 1 rings (SSSR count). The summed E-state index contributed by atoms with van der Waals surface area (Å²) in [7, 11) is 1.67. The predicted octanol–water partition coefficient (Wildman–Crippen LogP) is 2.08. The molecule has 0 aromatic heterocycles. The fourth-order valence-electron chi connectivity index (χ4n) is 1.78. The van der Waals surface area contributed by atoms with Gasteiger partial charge in [-0.25, -0.2) is 0 Å². The SMILES string of the molecule is COCCNCCNC(=O)C(C)(C)c1ccc(Br)cc1. The molecule has 0 saturated heterocycles. The van der Waals surface area contributed by atoms with Crippen molar-refractivity contribution in [2.24, 2.45) is 0 Å². The van der Waals surface area contributed by atoms with Crippen molar-refractivity contribution in [3.8, 4) is 0 Å². The first-order valence-electron chi connectivity index (χ1n) is 6.72. The predicted molar refractivity (Wildman–Crippen MR) is 84.9 cm³/mol. The van der Waals surface area contributed by atoms with Crippen molar-refractivity contribution >= 4 is 21.8 Å². The molecule has 0 atom stereocenters. The van der Waals surface area contributed by atoms with Crippen LogP contribution in [0.2, 0.25) is 0 Å². The maximum absolute atomic E-state index is 12.3. The number of ether oxygens (including phenoxy) is 1. The molecule has 1 aromatic carbocycles. The lowest BCUT2D eigenvalue weighted by Gasteiger charge is -2.24. The van der Waals surface area contributed by atoms with Gasteiger partial charge in [0.15, 0.2) is 0 Å². The van der Waals surface area contributed by atoms with Crippen LogP contribution in [0.3, 0.4) is 0 Å². The number of carbonyl (C=O) groups is 1. The van der Waals surface area contributed by atoms with Gasteiger partial charge < -0.3 is 15.4 Å². The highest BCUT2D eigenvalue weighted by atomic mass is 79.9. The van der Waals surface area contributed by atoms with Crippen LogP contribution in [-0.2, 0) is 14.9 Å². The molecule has 0 saturated carbocycles. The van der Waals surface area contributed by atoms with E-state index in [0.717, 1.165) is 23.1 Å². The first kappa shape index (κ1) is 17.1. The number of nitrogens with one attached hydrogen (secondary N) is 2. The van der Waals surface area contributed by atoms with Gasteiger partial charge in [0.05, 0.1) is 12.0 Å². The summed E-state index contributed by atoms with van der Waals surface area (Å²) in [6.45, 7) is 6.70. The molecule has 0 aliphatic rings. The van der Waals surface area contributed by atoms with Gasteiger partial charge in [0.2, 0.25) is 5.91 Å². The Labute approximate surface area is 129 Å². The van der Waals surface area contributed by atoms with E-state index in [4.69, 9.17) is 4.74 Å². The van der Waals surface area contributed by atoms with Crippen LogP contribution in [0.25, 0.3) is 0 Å². The van der Waals surface area contributed by atoms with Gasteiger partial charge in [0.1, 0.15) is 0 Å². The third-order valence-corrected chi connectivity index (χ3v) is 3.73. The summed E-state index contributed by atoms with van der Waals surface area (Å²) >= 11 is 3.40. The number of amides is 1. The highest BCUT2D eigenvalue weighted by molar-refractivity contribution is 9.10. The summed E-state index contributed by atoms with van der Waals surface area (Å²) < 4.78 is 5.95. The minimum atomic E-state index is -0.534. The van der Waals surface area contributed by atoms with Crippen molar-refractivity contribution in [1.82, 2.24) is 10.6 Å². The lowest BCUT2D eigenvalue weighted by molar-refractivity contribution is -0.125. The molecule has 1 amide bonds. The fourth-order valence-corrected chi connectivity index (χ4v) is 2.05.